The highest BCUT2D eigenvalue weighted by Gasteiger charge is 2.29. The number of nitrogens with zero attached hydrogens (tertiary/aromatic N) is 5. The topological polar surface area (TPSA) is 73.0 Å². The zero-order valence-electron chi connectivity index (χ0n) is 13.6. The second kappa shape index (κ2) is 7.17. The fourth-order valence-corrected chi connectivity index (χ4v) is 3.37. The van der Waals surface area contributed by atoms with E-state index in [4.69, 9.17) is 11.6 Å². The Hall–Kier alpha value is -2.15. The first-order valence-electron chi connectivity index (χ1n) is 8.24. The Balaban J connectivity index is 1.93. The van der Waals surface area contributed by atoms with E-state index in [1.807, 2.05) is 6.92 Å². The third-order valence-corrected chi connectivity index (χ3v) is 4.64. The summed E-state index contributed by atoms with van der Waals surface area (Å²) in [7, 11) is 0. The number of para-hydroxylation sites is 1. The molecule has 1 aliphatic carbocycles. The van der Waals surface area contributed by atoms with Crippen molar-refractivity contribution in [3.05, 3.63) is 39.8 Å². The van der Waals surface area contributed by atoms with Crippen LogP contribution in [0.2, 0.25) is 5.02 Å². The van der Waals surface area contributed by atoms with E-state index in [1.54, 1.807) is 29.2 Å². The molecule has 1 aromatic heterocycles. The van der Waals surface area contributed by atoms with Crippen molar-refractivity contribution in [3.63, 3.8) is 0 Å². The molecule has 24 heavy (non-hydrogen) atoms. The lowest BCUT2D eigenvalue weighted by Crippen LogP contribution is -2.45. The number of rotatable bonds is 4. The normalized spacial score (nSPS) is 14.9. The van der Waals surface area contributed by atoms with Gasteiger partial charge in [0.2, 0.25) is 0 Å². The van der Waals surface area contributed by atoms with Crippen molar-refractivity contribution in [1.82, 2.24) is 24.7 Å². The number of tetrazole rings is 1. The SMILES string of the molecule is CCCN(C(=O)n1nnn(-c2ccccc2Cl)c1=O)C1CCCC1. The number of aromatic nitrogens is 4. The van der Waals surface area contributed by atoms with Gasteiger partial charge in [-0.3, -0.25) is 0 Å². The molecule has 8 heteroatoms. The molecular formula is C16H20ClN5O2. The first-order valence-corrected chi connectivity index (χ1v) is 8.62. The number of carbonyl (C=O) groups excluding carboxylic acids is 1. The fourth-order valence-electron chi connectivity index (χ4n) is 3.15. The fraction of sp³-hybridized carbons (Fsp3) is 0.500. The molecule has 0 saturated heterocycles. The van der Waals surface area contributed by atoms with Crippen molar-refractivity contribution in [3.8, 4) is 5.69 Å². The first kappa shape index (κ1) is 16.7. The molecule has 1 amide bonds. The Labute approximate surface area is 144 Å². The molecule has 0 N–H and O–H groups in total. The van der Waals surface area contributed by atoms with Crippen LogP contribution in [0.5, 0.6) is 0 Å². The zero-order chi connectivity index (χ0) is 17.1. The van der Waals surface area contributed by atoms with E-state index >= 15 is 0 Å². The van der Waals surface area contributed by atoms with Gasteiger partial charge >= 0.3 is 11.7 Å². The third-order valence-electron chi connectivity index (χ3n) is 4.32. The van der Waals surface area contributed by atoms with E-state index in [0.717, 1.165) is 41.5 Å². The average molecular weight is 350 g/mol. The van der Waals surface area contributed by atoms with Gasteiger partial charge in [-0.2, -0.15) is 4.68 Å². The largest absolute Gasteiger partial charge is 0.377 e. The maximum atomic E-state index is 12.8. The molecule has 1 aromatic carbocycles. The Morgan fingerprint density at radius 1 is 1.29 bits per heavy atom. The molecule has 1 fully saturated rings. The Kier molecular flexibility index (Phi) is 4.99. The van der Waals surface area contributed by atoms with Crippen LogP contribution in [-0.4, -0.2) is 43.3 Å². The lowest BCUT2D eigenvalue weighted by molar-refractivity contribution is 0.172. The van der Waals surface area contributed by atoms with Gasteiger partial charge in [0.05, 0.1) is 10.7 Å². The van der Waals surface area contributed by atoms with Crippen LogP contribution in [0.25, 0.3) is 5.69 Å². The van der Waals surface area contributed by atoms with Crippen molar-refractivity contribution in [2.45, 2.75) is 45.1 Å². The monoisotopic (exact) mass is 349 g/mol. The van der Waals surface area contributed by atoms with E-state index in [1.165, 1.54) is 0 Å². The van der Waals surface area contributed by atoms with Gasteiger partial charge in [-0.1, -0.05) is 43.5 Å². The summed E-state index contributed by atoms with van der Waals surface area (Å²) in [5.41, 5.74) is -0.196. The minimum atomic E-state index is -0.604. The molecular weight excluding hydrogens is 330 g/mol. The predicted molar refractivity (Wildman–Crippen MR) is 90.7 cm³/mol. The number of hydrogen-bond donors (Lipinski definition) is 0. The summed E-state index contributed by atoms with van der Waals surface area (Å²) in [6.07, 6.45) is 4.99. The first-order chi connectivity index (χ1) is 11.6. The van der Waals surface area contributed by atoms with Crippen LogP contribution in [0.15, 0.2) is 29.1 Å². The van der Waals surface area contributed by atoms with Crippen molar-refractivity contribution < 1.29 is 4.79 Å². The molecule has 0 aliphatic heterocycles. The molecule has 0 atom stereocenters. The van der Waals surface area contributed by atoms with Crippen LogP contribution in [0.4, 0.5) is 4.79 Å². The van der Waals surface area contributed by atoms with Crippen molar-refractivity contribution >= 4 is 17.6 Å². The summed E-state index contributed by atoms with van der Waals surface area (Å²) in [6.45, 7) is 2.62. The van der Waals surface area contributed by atoms with Crippen LogP contribution >= 0.6 is 11.6 Å². The summed E-state index contributed by atoms with van der Waals surface area (Å²) in [6, 6.07) is 6.59. The minimum Gasteiger partial charge on any atom is -0.320 e. The summed E-state index contributed by atoms with van der Waals surface area (Å²) in [4.78, 5) is 27.1. The molecule has 128 valence electrons. The highest BCUT2D eigenvalue weighted by atomic mass is 35.5. The van der Waals surface area contributed by atoms with Gasteiger partial charge in [-0.05, 0) is 41.8 Å². The number of halogens is 1. The van der Waals surface area contributed by atoms with Crippen LogP contribution in [0.1, 0.15) is 39.0 Å². The molecule has 0 unspecified atom stereocenters. The average Bonchev–Trinajstić information content (AvgIpc) is 3.22. The van der Waals surface area contributed by atoms with E-state index < -0.39 is 11.7 Å². The maximum absolute atomic E-state index is 12.8. The number of carbonyl (C=O) groups is 1. The second-order valence-electron chi connectivity index (χ2n) is 5.95. The summed E-state index contributed by atoms with van der Waals surface area (Å²) < 4.78 is 1.89. The Bertz CT molecular complexity index is 779. The van der Waals surface area contributed by atoms with Gasteiger partial charge in [-0.25, -0.2) is 9.59 Å². The van der Waals surface area contributed by atoms with Crippen LogP contribution in [0, 0.1) is 0 Å². The molecule has 1 heterocycles. The summed E-state index contributed by atoms with van der Waals surface area (Å²) in [5, 5.41) is 7.97. The van der Waals surface area contributed by atoms with Gasteiger partial charge in [-0.15, -0.1) is 4.68 Å². The highest BCUT2D eigenvalue weighted by molar-refractivity contribution is 6.32. The zero-order valence-corrected chi connectivity index (χ0v) is 14.3. The number of benzene rings is 1. The number of hydrogen-bond acceptors (Lipinski definition) is 4. The van der Waals surface area contributed by atoms with E-state index in [0.29, 0.717) is 17.3 Å². The van der Waals surface area contributed by atoms with Crippen LogP contribution in [0.3, 0.4) is 0 Å². The van der Waals surface area contributed by atoms with Gasteiger partial charge < -0.3 is 4.90 Å². The van der Waals surface area contributed by atoms with Gasteiger partial charge in [0, 0.05) is 12.6 Å². The van der Waals surface area contributed by atoms with E-state index in [2.05, 4.69) is 10.4 Å². The lowest BCUT2D eigenvalue weighted by atomic mass is 10.2. The smallest absolute Gasteiger partial charge is 0.320 e. The maximum Gasteiger partial charge on any atom is 0.377 e. The third kappa shape index (κ3) is 3.08. The molecule has 7 nitrogen and oxygen atoms in total. The van der Waals surface area contributed by atoms with Crippen molar-refractivity contribution in [2.24, 2.45) is 0 Å². The Morgan fingerprint density at radius 2 is 2.00 bits per heavy atom. The van der Waals surface area contributed by atoms with Crippen LogP contribution < -0.4 is 5.69 Å². The van der Waals surface area contributed by atoms with Crippen molar-refractivity contribution in [1.29, 1.82) is 0 Å². The van der Waals surface area contributed by atoms with Gasteiger partial charge in [0.15, 0.2) is 0 Å². The number of amides is 1. The summed E-state index contributed by atoms with van der Waals surface area (Å²) >= 11 is 6.10. The van der Waals surface area contributed by atoms with Gasteiger partial charge in [0.25, 0.3) is 0 Å². The molecule has 0 spiro atoms. The minimum absolute atomic E-state index is 0.176. The van der Waals surface area contributed by atoms with Crippen LogP contribution in [-0.2, 0) is 0 Å². The van der Waals surface area contributed by atoms with Gasteiger partial charge in [0.1, 0.15) is 0 Å². The Morgan fingerprint density at radius 3 is 2.67 bits per heavy atom. The predicted octanol–water partition coefficient (Wildman–Crippen LogP) is 2.71. The molecule has 3 rings (SSSR count). The molecule has 2 aromatic rings. The summed E-state index contributed by atoms with van der Waals surface area (Å²) in [5.74, 6) is 0. The van der Waals surface area contributed by atoms with E-state index in [-0.39, 0.29) is 6.04 Å². The molecule has 0 bridgehead atoms. The highest BCUT2D eigenvalue weighted by Crippen LogP contribution is 2.24. The lowest BCUT2D eigenvalue weighted by Gasteiger charge is -2.27. The second-order valence-corrected chi connectivity index (χ2v) is 6.36. The molecule has 0 radical (unpaired) electrons. The standard InChI is InChI=1S/C16H20ClN5O2/c1-2-11-20(12-7-3-4-8-12)15(23)22-16(24)21(18-19-22)14-10-6-5-9-13(14)17/h5-6,9-10,12H,2-4,7-8,11H2,1H3. The molecule has 1 saturated carbocycles. The quantitative estimate of drug-likeness (QED) is 0.795. The van der Waals surface area contributed by atoms with Crippen molar-refractivity contribution in [2.75, 3.05) is 6.54 Å². The molecule has 1 aliphatic rings. The van der Waals surface area contributed by atoms with E-state index in [9.17, 15) is 9.59 Å².